The van der Waals surface area contributed by atoms with Gasteiger partial charge in [0.1, 0.15) is 0 Å². The van der Waals surface area contributed by atoms with Crippen LogP contribution < -0.4 is 5.32 Å². The maximum Gasteiger partial charge on any atom is 0.261 e. The molecule has 1 amide bonds. The van der Waals surface area contributed by atoms with E-state index >= 15 is 0 Å². The van der Waals surface area contributed by atoms with E-state index in [0.717, 1.165) is 10.6 Å². The van der Waals surface area contributed by atoms with E-state index in [0.29, 0.717) is 11.3 Å². The summed E-state index contributed by atoms with van der Waals surface area (Å²) >= 11 is 1.35. The van der Waals surface area contributed by atoms with Gasteiger partial charge >= 0.3 is 0 Å². The first-order valence-corrected chi connectivity index (χ1v) is 9.20. The Balaban J connectivity index is 1.70. The highest BCUT2D eigenvalue weighted by molar-refractivity contribution is 7.91. The van der Waals surface area contributed by atoms with Crippen LogP contribution in [0, 0.1) is 0 Å². The lowest BCUT2D eigenvalue weighted by molar-refractivity contribution is 0.0945. The summed E-state index contributed by atoms with van der Waals surface area (Å²) in [5.74, 6) is -0.0250. The zero-order valence-corrected chi connectivity index (χ0v) is 12.8. The Morgan fingerprint density at radius 2 is 2.14 bits per heavy atom. The summed E-state index contributed by atoms with van der Waals surface area (Å²) in [6.45, 7) is 0. The van der Waals surface area contributed by atoms with Crippen LogP contribution in [0.4, 0.5) is 0 Å². The molecule has 2 aromatic heterocycles. The van der Waals surface area contributed by atoms with Gasteiger partial charge in [0.15, 0.2) is 9.84 Å². The van der Waals surface area contributed by atoms with Crippen molar-refractivity contribution in [1.29, 1.82) is 0 Å². The molecule has 1 aliphatic rings. The Hall–Kier alpha value is -1.73. The number of thiophene rings is 1. The van der Waals surface area contributed by atoms with Crippen LogP contribution in [-0.2, 0) is 9.84 Å². The van der Waals surface area contributed by atoms with Crippen molar-refractivity contribution < 1.29 is 13.2 Å². The average molecular weight is 322 g/mol. The predicted molar refractivity (Wildman–Crippen MR) is 82.1 cm³/mol. The molecule has 1 saturated heterocycles. The number of hydrogen-bond acceptors (Lipinski definition) is 5. The lowest BCUT2D eigenvalue weighted by Crippen LogP contribution is -2.35. The van der Waals surface area contributed by atoms with E-state index in [1.165, 1.54) is 11.3 Å². The van der Waals surface area contributed by atoms with Gasteiger partial charge in [-0.3, -0.25) is 9.78 Å². The number of nitrogens with one attached hydrogen (secondary N) is 1. The lowest BCUT2D eigenvalue weighted by Gasteiger charge is -2.09. The van der Waals surface area contributed by atoms with E-state index in [4.69, 9.17) is 0 Å². The quantitative estimate of drug-likeness (QED) is 0.933. The van der Waals surface area contributed by atoms with Gasteiger partial charge in [-0.2, -0.15) is 0 Å². The van der Waals surface area contributed by atoms with Crippen LogP contribution in [0.5, 0.6) is 0 Å². The zero-order chi connectivity index (χ0) is 14.9. The molecule has 7 heteroatoms. The summed E-state index contributed by atoms with van der Waals surface area (Å²) in [6, 6.07) is 8.94. The SMILES string of the molecule is O=C(N[C@H]1CCS(=O)(=O)C1)c1ccc(-c2ccccn2)s1. The number of hydrogen-bond donors (Lipinski definition) is 1. The first kappa shape index (κ1) is 14.2. The number of aromatic nitrogens is 1. The third-order valence-corrected chi connectivity index (χ3v) is 6.19. The second-order valence-electron chi connectivity index (χ2n) is 4.95. The van der Waals surface area contributed by atoms with Crippen molar-refractivity contribution >= 4 is 27.1 Å². The molecule has 1 atom stereocenters. The number of pyridine rings is 1. The van der Waals surface area contributed by atoms with Crippen LogP contribution in [0.1, 0.15) is 16.1 Å². The van der Waals surface area contributed by atoms with Crippen molar-refractivity contribution in [2.24, 2.45) is 0 Å². The molecule has 0 aliphatic carbocycles. The number of rotatable bonds is 3. The molecule has 0 saturated carbocycles. The van der Waals surface area contributed by atoms with Gasteiger partial charge in [0.05, 0.1) is 27.0 Å². The Morgan fingerprint density at radius 1 is 1.29 bits per heavy atom. The van der Waals surface area contributed by atoms with Crippen molar-refractivity contribution in [3.05, 3.63) is 41.4 Å². The van der Waals surface area contributed by atoms with Crippen LogP contribution in [0.25, 0.3) is 10.6 Å². The largest absolute Gasteiger partial charge is 0.348 e. The lowest BCUT2D eigenvalue weighted by atomic mass is 10.2. The van der Waals surface area contributed by atoms with Crippen molar-refractivity contribution in [1.82, 2.24) is 10.3 Å². The number of carbonyl (C=O) groups is 1. The van der Waals surface area contributed by atoms with Gasteiger partial charge < -0.3 is 5.32 Å². The molecular weight excluding hydrogens is 308 g/mol. The summed E-state index contributed by atoms with van der Waals surface area (Å²) in [4.78, 5) is 17.9. The molecule has 0 bridgehead atoms. The molecule has 21 heavy (non-hydrogen) atoms. The van der Waals surface area contributed by atoms with Gasteiger partial charge in [0.25, 0.3) is 5.91 Å². The molecule has 110 valence electrons. The number of nitrogens with zero attached hydrogens (tertiary/aromatic N) is 1. The van der Waals surface area contributed by atoms with Crippen LogP contribution in [0.2, 0.25) is 0 Å². The molecule has 0 aromatic carbocycles. The molecular formula is C14H14N2O3S2. The van der Waals surface area contributed by atoms with Gasteiger partial charge in [0.2, 0.25) is 0 Å². The normalized spacial score (nSPS) is 20.3. The van der Waals surface area contributed by atoms with Gasteiger partial charge in [0, 0.05) is 12.2 Å². The van der Waals surface area contributed by atoms with Crippen LogP contribution in [-0.4, -0.2) is 36.9 Å². The zero-order valence-electron chi connectivity index (χ0n) is 11.2. The second-order valence-corrected chi connectivity index (χ2v) is 8.26. The topological polar surface area (TPSA) is 76.1 Å². The fourth-order valence-corrected chi connectivity index (χ4v) is 4.83. The summed E-state index contributed by atoms with van der Waals surface area (Å²) in [5, 5.41) is 2.79. The number of amides is 1. The minimum absolute atomic E-state index is 0.0389. The molecule has 3 heterocycles. The maximum absolute atomic E-state index is 12.1. The molecule has 5 nitrogen and oxygen atoms in total. The molecule has 0 unspecified atom stereocenters. The van der Waals surface area contributed by atoms with Gasteiger partial charge in [-0.1, -0.05) is 6.07 Å². The molecule has 3 rings (SSSR count). The van der Waals surface area contributed by atoms with Crippen molar-refractivity contribution in [2.45, 2.75) is 12.5 Å². The minimum atomic E-state index is -2.98. The van der Waals surface area contributed by atoms with Gasteiger partial charge in [-0.15, -0.1) is 11.3 Å². The molecule has 1 fully saturated rings. The fraction of sp³-hybridized carbons (Fsp3) is 0.286. The Kier molecular flexibility index (Phi) is 3.77. The van der Waals surface area contributed by atoms with Crippen LogP contribution in [0.3, 0.4) is 0 Å². The second kappa shape index (κ2) is 5.57. The van der Waals surface area contributed by atoms with Crippen molar-refractivity contribution in [3.63, 3.8) is 0 Å². The highest BCUT2D eigenvalue weighted by Crippen LogP contribution is 2.26. The smallest absolute Gasteiger partial charge is 0.261 e. The number of carbonyl (C=O) groups excluding carboxylic acids is 1. The molecule has 2 aromatic rings. The predicted octanol–water partition coefficient (Wildman–Crippen LogP) is 1.73. The average Bonchev–Trinajstić information content (AvgIpc) is 3.07. The van der Waals surface area contributed by atoms with E-state index < -0.39 is 9.84 Å². The molecule has 1 N–H and O–H groups in total. The van der Waals surface area contributed by atoms with Crippen LogP contribution in [0.15, 0.2) is 36.5 Å². The Morgan fingerprint density at radius 3 is 2.81 bits per heavy atom. The summed E-state index contributed by atoms with van der Waals surface area (Å²) in [7, 11) is -2.98. The highest BCUT2D eigenvalue weighted by atomic mass is 32.2. The van der Waals surface area contributed by atoms with Crippen molar-refractivity contribution in [3.8, 4) is 10.6 Å². The standard InChI is InChI=1S/C14H14N2O3S2/c17-14(16-10-6-8-21(18,19)9-10)13-5-4-12(20-13)11-3-1-2-7-15-11/h1-5,7,10H,6,8-9H2,(H,16,17)/t10-/m0/s1. The van der Waals surface area contributed by atoms with E-state index in [9.17, 15) is 13.2 Å². The number of sulfone groups is 1. The molecule has 1 aliphatic heterocycles. The van der Waals surface area contributed by atoms with Gasteiger partial charge in [-0.25, -0.2) is 8.42 Å². The summed E-state index contributed by atoms with van der Waals surface area (Å²) in [6.07, 6.45) is 2.20. The fourth-order valence-electron chi connectivity index (χ4n) is 2.27. The van der Waals surface area contributed by atoms with E-state index in [1.54, 1.807) is 12.3 Å². The molecule has 0 radical (unpaired) electrons. The van der Waals surface area contributed by atoms with E-state index in [-0.39, 0.29) is 23.5 Å². The molecule has 0 spiro atoms. The van der Waals surface area contributed by atoms with Crippen LogP contribution >= 0.6 is 11.3 Å². The highest BCUT2D eigenvalue weighted by Gasteiger charge is 2.29. The first-order chi connectivity index (χ1) is 10.0. The minimum Gasteiger partial charge on any atom is -0.348 e. The van der Waals surface area contributed by atoms with Crippen molar-refractivity contribution in [2.75, 3.05) is 11.5 Å². The van der Waals surface area contributed by atoms with Gasteiger partial charge in [-0.05, 0) is 30.7 Å². The Labute approximate surface area is 127 Å². The van der Waals surface area contributed by atoms with E-state index in [2.05, 4.69) is 10.3 Å². The van der Waals surface area contributed by atoms with E-state index in [1.807, 2.05) is 24.3 Å². The maximum atomic E-state index is 12.1. The summed E-state index contributed by atoms with van der Waals surface area (Å²) in [5.41, 5.74) is 0.824. The third-order valence-electron chi connectivity index (χ3n) is 3.31. The Bertz CT molecular complexity index is 754. The first-order valence-electron chi connectivity index (χ1n) is 6.56. The third kappa shape index (κ3) is 3.30. The summed E-state index contributed by atoms with van der Waals surface area (Å²) < 4.78 is 22.8. The monoisotopic (exact) mass is 322 g/mol.